The third-order valence-electron chi connectivity index (χ3n) is 3.33. The van der Waals surface area contributed by atoms with E-state index in [9.17, 15) is 36.5 Å². The van der Waals surface area contributed by atoms with E-state index in [4.69, 9.17) is 0 Å². The van der Waals surface area contributed by atoms with E-state index in [0.29, 0.717) is 0 Å². The van der Waals surface area contributed by atoms with E-state index in [-0.39, 0.29) is 16.9 Å². The van der Waals surface area contributed by atoms with Crippen LogP contribution in [0.25, 0.3) is 0 Å². The number of sulfone groups is 1. The Morgan fingerprint density at radius 2 is 1.88 bits per heavy atom. The summed E-state index contributed by atoms with van der Waals surface area (Å²) in [4.78, 5) is 25.7. The van der Waals surface area contributed by atoms with Crippen molar-refractivity contribution in [2.24, 2.45) is 0 Å². The largest absolute Gasteiger partial charge is 0.503 e. The minimum atomic E-state index is -5.86. The van der Waals surface area contributed by atoms with Crippen molar-refractivity contribution < 1.29 is 31.3 Å². The lowest BCUT2D eigenvalue weighted by atomic mass is 10.1. The zero-order chi connectivity index (χ0) is 19.7. The van der Waals surface area contributed by atoms with Gasteiger partial charge in [-0.25, -0.2) is 13.4 Å². The van der Waals surface area contributed by atoms with Crippen molar-refractivity contribution in [3.05, 3.63) is 57.8 Å². The van der Waals surface area contributed by atoms with Crippen molar-refractivity contribution in [3.63, 3.8) is 0 Å². The number of nitrogens with one attached hydrogen (secondary N) is 1. The fourth-order valence-corrected chi connectivity index (χ4v) is 2.90. The summed E-state index contributed by atoms with van der Waals surface area (Å²) in [6.45, 7) is 1.32. The molecule has 0 aliphatic rings. The minimum absolute atomic E-state index is 0.0509. The first-order chi connectivity index (χ1) is 12.0. The normalized spacial score (nSPS) is 11.8. The molecule has 0 saturated heterocycles. The van der Waals surface area contributed by atoms with Gasteiger partial charge in [0.25, 0.3) is 21.4 Å². The van der Waals surface area contributed by atoms with Gasteiger partial charge in [0.15, 0.2) is 5.03 Å². The molecule has 0 spiro atoms. The number of nitrogens with zero attached hydrogens (tertiary/aromatic N) is 2. The number of amides is 1. The molecule has 138 valence electrons. The number of carbonyl (C=O) groups excluding carboxylic acids is 1. The highest BCUT2D eigenvalue weighted by Gasteiger charge is 2.49. The predicted molar refractivity (Wildman–Crippen MR) is 83.3 cm³/mol. The minimum Gasteiger partial charge on any atom is -0.321 e. The summed E-state index contributed by atoms with van der Waals surface area (Å²) in [6.07, 6.45) is 0.800. The van der Waals surface area contributed by atoms with Crippen LogP contribution in [0.1, 0.15) is 15.9 Å². The molecular weight excluding hydrogens is 379 g/mol. The smallest absolute Gasteiger partial charge is 0.321 e. The van der Waals surface area contributed by atoms with Gasteiger partial charge in [0.05, 0.1) is 21.7 Å². The Morgan fingerprint density at radius 3 is 2.46 bits per heavy atom. The van der Waals surface area contributed by atoms with Gasteiger partial charge >= 0.3 is 5.51 Å². The number of rotatable bonds is 4. The van der Waals surface area contributed by atoms with E-state index in [1.54, 1.807) is 0 Å². The van der Waals surface area contributed by atoms with Gasteiger partial charge in [-0.05, 0) is 25.1 Å². The van der Waals surface area contributed by atoms with Gasteiger partial charge in [0.1, 0.15) is 0 Å². The van der Waals surface area contributed by atoms with Crippen LogP contribution in [-0.2, 0) is 9.84 Å². The van der Waals surface area contributed by atoms with Gasteiger partial charge < -0.3 is 5.32 Å². The van der Waals surface area contributed by atoms with Gasteiger partial charge in [-0.15, -0.1) is 0 Å². The van der Waals surface area contributed by atoms with Gasteiger partial charge in [-0.2, -0.15) is 13.2 Å². The lowest BCUT2D eigenvalue weighted by molar-refractivity contribution is -0.385. The van der Waals surface area contributed by atoms with E-state index in [2.05, 4.69) is 10.3 Å². The molecule has 0 aliphatic carbocycles. The molecule has 0 radical (unpaired) electrons. The number of pyridine rings is 1. The molecule has 2 rings (SSSR count). The van der Waals surface area contributed by atoms with Crippen LogP contribution in [0.5, 0.6) is 0 Å². The quantitative estimate of drug-likeness (QED) is 0.634. The SMILES string of the molecule is Cc1c(NC(=O)c2cccnc2S(=O)(=O)C(F)(F)F)cccc1[N+](=O)[O-]. The molecule has 0 fully saturated rings. The van der Waals surface area contributed by atoms with Crippen LogP contribution in [0.3, 0.4) is 0 Å². The number of benzene rings is 1. The second kappa shape index (κ2) is 6.71. The topological polar surface area (TPSA) is 119 Å². The first-order valence-electron chi connectivity index (χ1n) is 6.78. The van der Waals surface area contributed by atoms with Gasteiger partial charge in [0, 0.05) is 12.3 Å². The molecule has 26 heavy (non-hydrogen) atoms. The van der Waals surface area contributed by atoms with Crippen molar-refractivity contribution in [1.82, 2.24) is 4.98 Å². The van der Waals surface area contributed by atoms with E-state index < -0.39 is 36.8 Å². The maximum Gasteiger partial charge on any atom is 0.503 e. The predicted octanol–water partition coefficient (Wildman–Crippen LogP) is 2.84. The van der Waals surface area contributed by atoms with Crippen molar-refractivity contribution in [3.8, 4) is 0 Å². The summed E-state index contributed by atoms with van der Waals surface area (Å²) in [5.41, 5.74) is -6.80. The average Bonchev–Trinajstić information content (AvgIpc) is 2.55. The van der Waals surface area contributed by atoms with Crippen LogP contribution in [-0.4, -0.2) is 29.7 Å². The van der Waals surface area contributed by atoms with Crippen LogP contribution in [0.4, 0.5) is 24.5 Å². The second-order valence-corrected chi connectivity index (χ2v) is 6.82. The highest BCUT2D eigenvalue weighted by molar-refractivity contribution is 7.92. The number of hydrogen-bond donors (Lipinski definition) is 1. The van der Waals surface area contributed by atoms with Crippen LogP contribution >= 0.6 is 0 Å². The lowest BCUT2D eigenvalue weighted by Crippen LogP contribution is -2.27. The fourth-order valence-electron chi connectivity index (χ4n) is 2.03. The number of nitro benzene ring substituents is 1. The lowest BCUT2D eigenvalue weighted by Gasteiger charge is -2.12. The molecule has 0 atom stereocenters. The zero-order valence-corrected chi connectivity index (χ0v) is 13.8. The van der Waals surface area contributed by atoms with E-state index in [1.165, 1.54) is 25.1 Å². The highest BCUT2D eigenvalue weighted by atomic mass is 32.2. The Morgan fingerprint density at radius 1 is 1.23 bits per heavy atom. The van der Waals surface area contributed by atoms with Gasteiger partial charge in [0.2, 0.25) is 0 Å². The highest BCUT2D eigenvalue weighted by Crippen LogP contribution is 2.31. The van der Waals surface area contributed by atoms with Gasteiger partial charge in [-0.3, -0.25) is 14.9 Å². The second-order valence-electron chi connectivity index (χ2n) is 4.97. The molecule has 1 aromatic carbocycles. The van der Waals surface area contributed by atoms with Crippen LogP contribution < -0.4 is 5.32 Å². The molecule has 0 aliphatic heterocycles. The number of aromatic nitrogens is 1. The summed E-state index contributed by atoms with van der Waals surface area (Å²) in [7, 11) is -5.86. The molecule has 1 aromatic heterocycles. The Balaban J connectivity index is 2.48. The van der Waals surface area contributed by atoms with Crippen LogP contribution in [0.15, 0.2) is 41.6 Å². The monoisotopic (exact) mass is 389 g/mol. The maximum absolute atomic E-state index is 12.8. The molecule has 1 amide bonds. The van der Waals surface area contributed by atoms with Gasteiger partial charge in [-0.1, -0.05) is 6.07 Å². The summed E-state index contributed by atoms with van der Waals surface area (Å²) >= 11 is 0. The van der Waals surface area contributed by atoms with Crippen molar-refractivity contribution in [2.45, 2.75) is 17.5 Å². The Bertz CT molecular complexity index is 990. The van der Waals surface area contributed by atoms with Crippen LogP contribution in [0.2, 0.25) is 0 Å². The summed E-state index contributed by atoms with van der Waals surface area (Å²) in [6, 6.07) is 5.67. The zero-order valence-electron chi connectivity index (χ0n) is 12.9. The molecule has 12 heteroatoms. The fraction of sp³-hybridized carbons (Fsp3) is 0.143. The summed E-state index contributed by atoms with van der Waals surface area (Å²) in [5.74, 6) is -1.20. The molecule has 1 heterocycles. The van der Waals surface area contributed by atoms with Crippen molar-refractivity contribution >= 4 is 27.1 Å². The summed E-state index contributed by atoms with van der Waals surface area (Å²) < 4.78 is 61.5. The number of alkyl halides is 3. The third kappa shape index (κ3) is 3.49. The number of hydrogen-bond acceptors (Lipinski definition) is 6. The number of anilines is 1. The van der Waals surface area contributed by atoms with Crippen molar-refractivity contribution in [2.75, 3.05) is 5.32 Å². The number of carbonyl (C=O) groups is 1. The third-order valence-corrected chi connectivity index (χ3v) is 4.77. The molecule has 0 saturated carbocycles. The van der Waals surface area contributed by atoms with Crippen LogP contribution in [0, 0.1) is 17.0 Å². The van der Waals surface area contributed by atoms with E-state index in [0.717, 1.165) is 18.3 Å². The standard InChI is InChI=1S/C14H10F3N3O5S/c1-8-10(5-2-6-11(8)20(22)23)19-12(21)9-4-3-7-18-13(9)26(24,25)14(15,16)17/h2-7H,1H3,(H,19,21). The van der Waals surface area contributed by atoms with E-state index in [1.807, 2.05) is 0 Å². The number of halogens is 3. The average molecular weight is 389 g/mol. The first-order valence-corrected chi connectivity index (χ1v) is 8.27. The number of nitro groups is 1. The van der Waals surface area contributed by atoms with Crippen molar-refractivity contribution in [1.29, 1.82) is 0 Å². The Hall–Kier alpha value is -3.02. The molecular formula is C14H10F3N3O5S. The summed E-state index contributed by atoms with van der Waals surface area (Å²) in [5, 5.41) is 11.6. The first kappa shape index (κ1) is 19.3. The molecule has 1 N–H and O–H groups in total. The maximum atomic E-state index is 12.8. The molecule has 8 nitrogen and oxygen atoms in total. The molecule has 0 bridgehead atoms. The molecule has 2 aromatic rings. The Kier molecular flexibility index (Phi) is 4.98. The van der Waals surface area contributed by atoms with E-state index >= 15 is 0 Å². The Labute approximate surface area is 144 Å². The molecule has 0 unspecified atom stereocenters.